The number of anilines is 1. The van der Waals surface area contributed by atoms with Gasteiger partial charge in [0.1, 0.15) is 11.5 Å². The third-order valence-electron chi connectivity index (χ3n) is 3.63. The summed E-state index contributed by atoms with van der Waals surface area (Å²) < 4.78 is 6.28. The number of nitrogens with zero attached hydrogens (tertiary/aromatic N) is 3. The second kappa shape index (κ2) is 8.86. The van der Waals surface area contributed by atoms with Crippen molar-refractivity contribution in [3.8, 4) is 0 Å². The van der Waals surface area contributed by atoms with Crippen molar-refractivity contribution in [1.29, 1.82) is 0 Å². The summed E-state index contributed by atoms with van der Waals surface area (Å²) in [5.74, 6) is 1.98. The SMILES string of the molecule is Cc1ccc(CN(C)C(=O)CSc2nnc(NCc3ccccc3)s2)o1. The quantitative estimate of drug-likeness (QED) is 0.592. The molecule has 3 aromatic rings. The molecule has 8 heteroatoms. The molecule has 26 heavy (non-hydrogen) atoms. The van der Waals surface area contributed by atoms with E-state index in [4.69, 9.17) is 4.42 Å². The number of nitrogens with one attached hydrogen (secondary N) is 1. The van der Waals surface area contributed by atoms with Crippen LogP contribution in [0.3, 0.4) is 0 Å². The monoisotopic (exact) mass is 388 g/mol. The highest BCUT2D eigenvalue weighted by molar-refractivity contribution is 8.01. The van der Waals surface area contributed by atoms with Crippen LogP contribution in [-0.4, -0.2) is 33.8 Å². The Morgan fingerprint density at radius 3 is 2.77 bits per heavy atom. The molecular weight excluding hydrogens is 368 g/mol. The second-order valence-electron chi connectivity index (χ2n) is 5.76. The lowest BCUT2D eigenvalue weighted by Crippen LogP contribution is -2.27. The van der Waals surface area contributed by atoms with E-state index in [1.54, 1.807) is 11.9 Å². The number of hydrogen-bond acceptors (Lipinski definition) is 7. The number of thioether (sulfide) groups is 1. The lowest BCUT2D eigenvalue weighted by Gasteiger charge is -2.14. The Balaban J connectivity index is 1.44. The van der Waals surface area contributed by atoms with Gasteiger partial charge in [-0.1, -0.05) is 53.4 Å². The van der Waals surface area contributed by atoms with Crippen LogP contribution in [0.5, 0.6) is 0 Å². The molecule has 0 saturated heterocycles. The first-order valence-electron chi connectivity index (χ1n) is 8.13. The molecule has 0 saturated carbocycles. The van der Waals surface area contributed by atoms with Crippen LogP contribution >= 0.6 is 23.1 Å². The molecular formula is C18H20N4O2S2. The maximum atomic E-state index is 12.2. The highest BCUT2D eigenvalue weighted by Gasteiger charge is 2.13. The molecule has 0 unspecified atom stereocenters. The van der Waals surface area contributed by atoms with Crippen LogP contribution in [-0.2, 0) is 17.9 Å². The van der Waals surface area contributed by atoms with E-state index in [-0.39, 0.29) is 5.91 Å². The van der Waals surface area contributed by atoms with E-state index in [1.807, 2.05) is 37.3 Å². The van der Waals surface area contributed by atoms with E-state index in [1.165, 1.54) is 28.7 Å². The predicted molar refractivity (Wildman–Crippen MR) is 104 cm³/mol. The third kappa shape index (κ3) is 5.34. The van der Waals surface area contributed by atoms with Crippen LogP contribution in [0.2, 0.25) is 0 Å². The number of furan rings is 1. The first-order valence-corrected chi connectivity index (χ1v) is 9.94. The summed E-state index contributed by atoms with van der Waals surface area (Å²) in [5, 5.41) is 12.3. The summed E-state index contributed by atoms with van der Waals surface area (Å²) in [6, 6.07) is 13.9. The van der Waals surface area contributed by atoms with E-state index in [0.29, 0.717) is 18.8 Å². The molecule has 0 spiro atoms. The van der Waals surface area contributed by atoms with Gasteiger partial charge >= 0.3 is 0 Å². The van der Waals surface area contributed by atoms with Gasteiger partial charge in [-0.3, -0.25) is 4.79 Å². The van der Waals surface area contributed by atoms with Gasteiger partial charge in [-0.2, -0.15) is 0 Å². The number of carbonyl (C=O) groups excluding carboxylic acids is 1. The third-order valence-corrected chi connectivity index (χ3v) is 5.63. The maximum Gasteiger partial charge on any atom is 0.233 e. The number of rotatable bonds is 8. The molecule has 1 N–H and O–H groups in total. The molecule has 0 aliphatic rings. The number of aryl methyl sites for hydroxylation is 1. The standard InChI is InChI=1S/C18H20N4O2S2/c1-13-8-9-15(24-13)11-22(2)16(23)12-25-18-21-20-17(26-18)19-10-14-6-4-3-5-7-14/h3-9H,10-12H2,1-2H3,(H,19,20). The van der Waals surface area contributed by atoms with Crippen molar-refractivity contribution in [3.05, 3.63) is 59.5 Å². The molecule has 2 aromatic heterocycles. The van der Waals surface area contributed by atoms with Crippen molar-refractivity contribution in [2.45, 2.75) is 24.4 Å². The summed E-state index contributed by atoms with van der Waals surface area (Å²) in [6.45, 7) is 3.05. The topological polar surface area (TPSA) is 71.3 Å². The van der Waals surface area contributed by atoms with Gasteiger partial charge in [-0.15, -0.1) is 10.2 Å². The minimum Gasteiger partial charge on any atom is -0.464 e. The fraction of sp³-hybridized carbons (Fsp3) is 0.278. The molecule has 2 heterocycles. The molecule has 0 radical (unpaired) electrons. The number of carbonyl (C=O) groups is 1. The van der Waals surface area contributed by atoms with Crippen LogP contribution < -0.4 is 5.32 Å². The second-order valence-corrected chi connectivity index (χ2v) is 7.96. The van der Waals surface area contributed by atoms with E-state index < -0.39 is 0 Å². The van der Waals surface area contributed by atoms with Crippen molar-refractivity contribution in [2.75, 3.05) is 18.1 Å². The van der Waals surface area contributed by atoms with Gasteiger partial charge in [0.25, 0.3) is 0 Å². The average molecular weight is 389 g/mol. The van der Waals surface area contributed by atoms with Crippen LogP contribution in [0.1, 0.15) is 17.1 Å². The molecule has 0 bridgehead atoms. The molecule has 0 fully saturated rings. The smallest absolute Gasteiger partial charge is 0.233 e. The minimum absolute atomic E-state index is 0.0260. The van der Waals surface area contributed by atoms with E-state index in [0.717, 1.165) is 21.0 Å². The fourth-order valence-electron chi connectivity index (χ4n) is 2.24. The van der Waals surface area contributed by atoms with E-state index in [2.05, 4.69) is 27.6 Å². The van der Waals surface area contributed by atoms with Gasteiger partial charge in [0, 0.05) is 13.6 Å². The maximum absolute atomic E-state index is 12.2. The molecule has 1 amide bonds. The fourth-order valence-corrected chi connectivity index (χ4v) is 3.93. The van der Waals surface area contributed by atoms with Crippen molar-refractivity contribution in [1.82, 2.24) is 15.1 Å². The van der Waals surface area contributed by atoms with Gasteiger partial charge in [-0.25, -0.2) is 0 Å². The molecule has 6 nitrogen and oxygen atoms in total. The lowest BCUT2D eigenvalue weighted by molar-refractivity contribution is -0.127. The zero-order chi connectivity index (χ0) is 18.4. The Bertz CT molecular complexity index is 848. The largest absolute Gasteiger partial charge is 0.464 e. The van der Waals surface area contributed by atoms with Crippen molar-refractivity contribution in [2.24, 2.45) is 0 Å². The van der Waals surface area contributed by atoms with Crippen LogP contribution in [0.4, 0.5) is 5.13 Å². The Kier molecular flexibility index (Phi) is 6.30. The molecule has 0 atom stereocenters. The highest BCUT2D eigenvalue weighted by atomic mass is 32.2. The number of benzene rings is 1. The predicted octanol–water partition coefficient (Wildman–Crippen LogP) is 3.80. The zero-order valence-corrected chi connectivity index (χ0v) is 16.3. The summed E-state index contributed by atoms with van der Waals surface area (Å²) in [4.78, 5) is 13.9. The molecule has 0 aliphatic carbocycles. The Hall–Kier alpha value is -2.32. The Morgan fingerprint density at radius 1 is 1.23 bits per heavy atom. The molecule has 0 aliphatic heterocycles. The van der Waals surface area contributed by atoms with Gasteiger partial charge in [0.15, 0.2) is 4.34 Å². The van der Waals surface area contributed by atoms with E-state index >= 15 is 0 Å². The van der Waals surface area contributed by atoms with Gasteiger partial charge in [0.2, 0.25) is 11.0 Å². The number of aromatic nitrogens is 2. The summed E-state index contributed by atoms with van der Waals surface area (Å²) in [7, 11) is 1.77. The minimum atomic E-state index is 0.0260. The Labute approximate surface area is 160 Å². The first kappa shape index (κ1) is 18.5. The van der Waals surface area contributed by atoms with Gasteiger partial charge < -0.3 is 14.6 Å². The number of amides is 1. The summed E-state index contributed by atoms with van der Waals surface area (Å²) in [6.07, 6.45) is 0. The normalized spacial score (nSPS) is 10.7. The summed E-state index contributed by atoms with van der Waals surface area (Å²) >= 11 is 2.85. The zero-order valence-electron chi connectivity index (χ0n) is 14.6. The molecule has 3 rings (SSSR count). The summed E-state index contributed by atoms with van der Waals surface area (Å²) in [5.41, 5.74) is 1.18. The Morgan fingerprint density at radius 2 is 2.04 bits per heavy atom. The van der Waals surface area contributed by atoms with E-state index in [9.17, 15) is 4.79 Å². The van der Waals surface area contributed by atoms with Gasteiger partial charge in [0.05, 0.1) is 12.3 Å². The van der Waals surface area contributed by atoms with Crippen molar-refractivity contribution in [3.63, 3.8) is 0 Å². The van der Waals surface area contributed by atoms with Crippen molar-refractivity contribution < 1.29 is 9.21 Å². The average Bonchev–Trinajstić information content (AvgIpc) is 3.27. The van der Waals surface area contributed by atoms with Crippen LogP contribution in [0.15, 0.2) is 51.2 Å². The van der Waals surface area contributed by atoms with Crippen molar-refractivity contribution >= 4 is 34.1 Å². The lowest BCUT2D eigenvalue weighted by atomic mass is 10.2. The first-order chi connectivity index (χ1) is 12.6. The highest BCUT2D eigenvalue weighted by Crippen LogP contribution is 2.26. The number of hydrogen-bond donors (Lipinski definition) is 1. The van der Waals surface area contributed by atoms with Gasteiger partial charge in [-0.05, 0) is 24.6 Å². The van der Waals surface area contributed by atoms with Crippen LogP contribution in [0, 0.1) is 6.92 Å². The molecule has 1 aromatic carbocycles. The molecule has 136 valence electrons. The van der Waals surface area contributed by atoms with Crippen LogP contribution in [0.25, 0.3) is 0 Å².